The van der Waals surface area contributed by atoms with E-state index in [1.165, 1.54) is 0 Å². The Hall–Kier alpha value is -0.810. The van der Waals surface area contributed by atoms with Crippen LogP contribution in [0.25, 0.3) is 0 Å². The van der Waals surface area contributed by atoms with Gasteiger partial charge < -0.3 is 21.1 Å². The first kappa shape index (κ1) is 16.2. The number of ether oxygens (including phenoxy) is 1. The second-order valence-corrected chi connectivity index (χ2v) is 5.90. The van der Waals surface area contributed by atoms with Gasteiger partial charge in [-0.1, -0.05) is 0 Å². The molecule has 5 heteroatoms. The summed E-state index contributed by atoms with van der Waals surface area (Å²) < 4.78 is 5.17. The minimum atomic E-state index is -0.383. The summed E-state index contributed by atoms with van der Waals surface area (Å²) in [5, 5.41) is 6.04. The average Bonchev–Trinajstić information content (AvgIpc) is 2.13. The van der Waals surface area contributed by atoms with E-state index < -0.39 is 0 Å². The Morgan fingerprint density at radius 2 is 1.82 bits per heavy atom. The van der Waals surface area contributed by atoms with Crippen LogP contribution in [0.15, 0.2) is 0 Å². The van der Waals surface area contributed by atoms with Gasteiger partial charge in [-0.2, -0.15) is 0 Å². The summed E-state index contributed by atoms with van der Waals surface area (Å²) in [6.07, 6.45) is 0.531. The van der Waals surface area contributed by atoms with E-state index in [9.17, 15) is 4.79 Å². The highest BCUT2D eigenvalue weighted by Gasteiger charge is 2.21. The number of hydrogen-bond donors (Lipinski definition) is 3. The number of nitrogens with two attached hydrogens (primary N) is 1. The topological polar surface area (TPSA) is 76.4 Å². The average molecular weight is 245 g/mol. The summed E-state index contributed by atoms with van der Waals surface area (Å²) in [6, 6.07) is 0. The van der Waals surface area contributed by atoms with E-state index in [1.54, 1.807) is 0 Å². The standard InChI is InChI=1S/C12H27N3O2/c1-11(2,3)15-10(16)17-9-12(4,5)14-8-6-7-13/h14H,6-9,13H2,1-5H3,(H,15,16). The van der Waals surface area contributed by atoms with Crippen LogP contribution < -0.4 is 16.4 Å². The van der Waals surface area contributed by atoms with Crippen LogP contribution in [0, 0.1) is 0 Å². The van der Waals surface area contributed by atoms with Gasteiger partial charge in [0.2, 0.25) is 0 Å². The molecular weight excluding hydrogens is 218 g/mol. The maximum Gasteiger partial charge on any atom is 0.407 e. The van der Waals surface area contributed by atoms with Gasteiger partial charge >= 0.3 is 6.09 Å². The van der Waals surface area contributed by atoms with Crippen molar-refractivity contribution in [2.24, 2.45) is 5.73 Å². The van der Waals surface area contributed by atoms with Gasteiger partial charge in [0.1, 0.15) is 6.61 Å². The molecule has 0 bridgehead atoms. The summed E-state index contributed by atoms with van der Waals surface area (Å²) in [7, 11) is 0. The van der Waals surface area contributed by atoms with Crippen LogP contribution in [-0.4, -0.2) is 36.9 Å². The van der Waals surface area contributed by atoms with Crippen LogP contribution >= 0.6 is 0 Å². The van der Waals surface area contributed by atoms with Gasteiger partial charge in [-0.15, -0.1) is 0 Å². The molecule has 102 valence electrons. The Bertz CT molecular complexity index is 234. The predicted molar refractivity (Wildman–Crippen MR) is 70.0 cm³/mol. The number of carbonyl (C=O) groups is 1. The quantitative estimate of drug-likeness (QED) is 0.615. The lowest BCUT2D eigenvalue weighted by atomic mass is 10.1. The van der Waals surface area contributed by atoms with E-state index in [-0.39, 0.29) is 17.2 Å². The van der Waals surface area contributed by atoms with Crippen LogP contribution in [0.3, 0.4) is 0 Å². The molecule has 0 aliphatic heterocycles. The van der Waals surface area contributed by atoms with Crippen LogP contribution in [0.2, 0.25) is 0 Å². The highest BCUT2D eigenvalue weighted by atomic mass is 16.5. The fraction of sp³-hybridized carbons (Fsp3) is 0.917. The molecule has 0 heterocycles. The van der Waals surface area contributed by atoms with Crippen molar-refractivity contribution in [3.8, 4) is 0 Å². The Kier molecular flexibility index (Phi) is 6.49. The molecule has 0 radical (unpaired) electrons. The molecule has 0 aromatic rings. The molecule has 0 aromatic heterocycles. The Balaban J connectivity index is 3.88. The molecule has 4 N–H and O–H groups in total. The van der Waals surface area contributed by atoms with Crippen molar-refractivity contribution < 1.29 is 9.53 Å². The van der Waals surface area contributed by atoms with E-state index >= 15 is 0 Å². The van der Waals surface area contributed by atoms with Crippen molar-refractivity contribution >= 4 is 6.09 Å². The van der Waals surface area contributed by atoms with E-state index in [0.717, 1.165) is 13.0 Å². The predicted octanol–water partition coefficient (Wildman–Crippen LogP) is 1.23. The van der Waals surface area contributed by atoms with Gasteiger partial charge in [0, 0.05) is 11.1 Å². The van der Waals surface area contributed by atoms with Gasteiger partial charge in [0.25, 0.3) is 0 Å². The van der Waals surface area contributed by atoms with Gasteiger partial charge in [0.05, 0.1) is 0 Å². The van der Waals surface area contributed by atoms with Crippen LogP contribution in [0.5, 0.6) is 0 Å². The zero-order chi connectivity index (χ0) is 13.5. The number of carbonyl (C=O) groups excluding carboxylic acids is 1. The molecule has 0 aliphatic rings. The van der Waals surface area contributed by atoms with E-state index in [0.29, 0.717) is 13.2 Å². The van der Waals surface area contributed by atoms with E-state index in [1.807, 2.05) is 34.6 Å². The minimum Gasteiger partial charge on any atom is -0.448 e. The number of alkyl carbamates (subject to hydrolysis) is 1. The fourth-order valence-corrected chi connectivity index (χ4v) is 1.17. The van der Waals surface area contributed by atoms with Crippen molar-refractivity contribution in [3.63, 3.8) is 0 Å². The van der Waals surface area contributed by atoms with Crippen LogP contribution in [0.1, 0.15) is 41.0 Å². The monoisotopic (exact) mass is 245 g/mol. The first-order valence-corrected chi connectivity index (χ1v) is 6.06. The summed E-state index contributed by atoms with van der Waals surface area (Å²) in [4.78, 5) is 11.5. The molecule has 1 amide bonds. The lowest BCUT2D eigenvalue weighted by molar-refractivity contribution is 0.107. The van der Waals surface area contributed by atoms with Crippen molar-refractivity contribution in [2.75, 3.05) is 19.7 Å². The minimum absolute atomic E-state index is 0.232. The number of hydrogen-bond acceptors (Lipinski definition) is 4. The third-order valence-electron chi connectivity index (χ3n) is 2.03. The van der Waals surface area contributed by atoms with Crippen molar-refractivity contribution in [3.05, 3.63) is 0 Å². The highest BCUT2D eigenvalue weighted by molar-refractivity contribution is 5.68. The summed E-state index contributed by atoms with van der Waals surface area (Å²) in [6.45, 7) is 11.6. The lowest BCUT2D eigenvalue weighted by Crippen LogP contribution is -2.47. The second-order valence-electron chi connectivity index (χ2n) is 5.90. The molecule has 0 unspecified atom stereocenters. The Morgan fingerprint density at radius 1 is 1.24 bits per heavy atom. The summed E-state index contributed by atoms with van der Waals surface area (Å²) in [5.74, 6) is 0. The largest absolute Gasteiger partial charge is 0.448 e. The SMILES string of the molecule is CC(C)(C)NC(=O)OCC(C)(C)NCCCN. The molecule has 0 saturated carbocycles. The normalized spacial score (nSPS) is 12.4. The third-order valence-corrected chi connectivity index (χ3v) is 2.03. The smallest absolute Gasteiger partial charge is 0.407 e. The van der Waals surface area contributed by atoms with Gasteiger partial charge in [-0.25, -0.2) is 4.79 Å². The van der Waals surface area contributed by atoms with Crippen molar-refractivity contribution in [1.29, 1.82) is 0 Å². The fourth-order valence-electron chi connectivity index (χ4n) is 1.17. The molecule has 0 saturated heterocycles. The molecule has 0 rings (SSSR count). The molecule has 0 aromatic carbocycles. The van der Waals surface area contributed by atoms with Crippen molar-refractivity contribution in [1.82, 2.24) is 10.6 Å². The van der Waals surface area contributed by atoms with E-state index in [4.69, 9.17) is 10.5 Å². The third kappa shape index (κ3) is 10.1. The Labute approximate surface area is 104 Å². The molecule has 17 heavy (non-hydrogen) atoms. The van der Waals surface area contributed by atoms with Crippen molar-refractivity contribution in [2.45, 2.75) is 52.1 Å². The molecule has 0 spiro atoms. The second kappa shape index (κ2) is 6.81. The number of rotatable bonds is 6. The first-order chi connectivity index (χ1) is 7.66. The first-order valence-electron chi connectivity index (χ1n) is 6.06. The van der Waals surface area contributed by atoms with Gasteiger partial charge in [-0.05, 0) is 54.1 Å². The lowest BCUT2D eigenvalue weighted by Gasteiger charge is -2.27. The van der Waals surface area contributed by atoms with Gasteiger partial charge in [-0.3, -0.25) is 0 Å². The van der Waals surface area contributed by atoms with Crippen LogP contribution in [-0.2, 0) is 4.74 Å². The summed E-state index contributed by atoms with van der Waals surface area (Å²) in [5.41, 5.74) is 4.91. The van der Waals surface area contributed by atoms with Gasteiger partial charge in [0.15, 0.2) is 0 Å². The maximum atomic E-state index is 11.5. The number of nitrogens with one attached hydrogen (secondary N) is 2. The Morgan fingerprint density at radius 3 is 2.29 bits per heavy atom. The summed E-state index contributed by atoms with van der Waals surface area (Å²) >= 11 is 0. The van der Waals surface area contributed by atoms with Crippen LogP contribution in [0.4, 0.5) is 4.79 Å². The zero-order valence-electron chi connectivity index (χ0n) is 11.7. The molecular formula is C12H27N3O2. The molecule has 5 nitrogen and oxygen atoms in total. The molecule has 0 fully saturated rings. The highest BCUT2D eigenvalue weighted by Crippen LogP contribution is 2.04. The molecule has 0 aliphatic carbocycles. The number of amides is 1. The molecule has 0 atom stereocenters. The maximum absolute atomic E-state index is 11.5. The zero-order valence-corrected chi connectivity index (χ0v) is 11.7. The van der Waals surface area contributed by atoms with E-state index in [2.05, 4.69) is 10.6 Å².